The van der Waals surface area contributed by atoms with Crippen molar-refractivity contribution in [2.24, 2.45) is 0 Å². The molecule has 1 atom stereocenters. The molecule has 0 saturated carbocycles. The van der Waals surface area contributed by atoms with Crippen molar-refractivity contribution >= 4 is 11.9 Å². The number of hydrogen-bond acceptors (Lipinski definition) is 5. The summed E-state index contributed by atoms with van der Waals surface area (Å²) in [4.78, 5) is 24.6. The van der Waals surface area contributed by atoms with E-state index in [9.17, 15) is 14.7 Å². The van der Waals surface area contributed by atoms with Gasteiger partial charge in [0.25, 0.3) is 0 Å². The molecule has 0 bridgehead atoms. The molecule has 0 aliphatic rings. The normalized spacial score (nSPS) is 12.3. The number of carbonyl (C=O) groups excluding carboxylic acids is 2. The summed E-state index contributed by atoms with van der Waals surface area (Å²) in [6.45, 7) is 4.19. The van der Waals surface area contributed by atoms with Crippen molar-refractivity contribution in [3.05, 3.63) is 36.5 Å². The lowest BCUT2D eigenvalue weighted by Crippen LogP contribution is -2.28. The highest BCUT2D eigenvalue weighted by atomic mass is 16.6. The molecule has 0 amide bonds. The highest BCUT2D eigenvalue weighted by Crippen LogP contribution is 2.19. The molecule has 0 rings (SSSR count). The zero-order chi connectivity index (χ0) is 57.6. The van der Waals surface area contributed by atoms with Crippen LogP contribution in [0.4, 0.5) is 0 Å². The summed E-state index contributed by atoms with van der Waals surface area (Å²) in [5.41, 5.74) is 0. The van der Waals surface area contributed by atoms with Crippen molar-refractivity contribution in [3.8, 4) is 0 Å². The third kappa shape index (κ3) is 68.6. The number of ether oxygens (including phenoxy) is 2. The number of hydrogen-bond donors (Lipinski definition) is 1. The fourth-order valence-corrected chi connectivity index (χ4v) is 11.5. The van der Waals surface area contributed by atoms with Crippen LogP contribution in [0.25, 0.3) is 0 Å². The Morgan fingerprint density at radius 3 is 0.750 bits per heavy atom. The van der Waals surface area contributed by atoms with E-state index >= 15 is 0 Å². The Balaban J connectivity index is 3.36. The third-order valence-corrected chi connectivity index (χ3v) is 16.9. The van der Waals surface area contributed by atoms with Gasteiger partial charge in [0.15, 0.2) is 6.10 Å². The van der Waals surface area contributed by atoms with Crippen LogP contribution in [0.1, 0.15) is 412 Å². The Kier molecular flexibility index (Phi) is 69.7. The second-order valence-electron chi connectivity index (χ2n) is 25.0. The van der Waals surface area contributed by atoms with E-state index in [0.717, 1.165) is 44.9 Å². The third-order valence-electron chi connectivity index (χ3n) is 16.9. The Hall–Kier alpha value is -1.88. The van der Waals surface area contributed by atoms with Crippen molar-refractivity contribution in [3.63, 3.8) is 0 Å². The number of unbranched alkanes of at least 4 members (excludes halogenated alkanes) is 55. The number of esters is 2. The maximum absolute atomic E-state index is 12.3. The molecular weight excluding hydrogens is 981 g/mol. The molecule has 80 heavy (non-hydrogen) atoms. The minimum Gasteiger partial charge on any atom is -0.462 e. The van der Waals surface area contributed by atoms with E-state index in [4.69, 9.17) is 9.47 Å². The lowest BCUT2D eigenvalue weighted by atomic mass is 10.0. The largest absolute Gasteiger partial charge is 0.462 e. The van der Waals surface area contributed by atoms with Gasteiger partial charge in [-0.3, -0.25) is 9.59 Å². The molecule has 0 fully saturated rings. The summed E-state index contributed by atoms with van der Waals surface area (Å²) in [6.07, 6.45) is 95.0. The summed E-state index contributed by atoms with van der Waals surface area (Å²) >= 11 is 0. The van der Waals surface area contributed by atoms with Gasteiger partial charge in [0.1, 0.15) is 6.61 Å². The predicted octanol–water partition coefficient (Wildman–Crippen LogP) is 25.3. The van der Waals surface area contributed by atoms with Crippen molar-refractivity contribution in [2.45, 2.75) is 418 Å². The summed E-state index contributed by atoms with van der Waals surface area (Å²) < 4.78 is 10.8. The molecule has 0 aromatic rings. The molecule has 0 aromatic carbocycles. The first-order valence-corrected chi connectivity index (χ1v) is 36.5. The quantitative estimate of drug-likeness (QED) is 0.0373. The van der Waals surface area contributed by atoms with Crippen LogP contribution >= 0.6 is 0 Å². The fraction of sp³-hybridized carbons (Fsp3) is 0.893. The van der Waals surface area contributed by atoms with Crippen LogP contribution in [-0.4, -0.2) is 36.4 Å². The van der Waals surface area contributed by atoms with E-state index in [1.165, 1.54) is 340 Å². The molecule has 0 saturated heterocycles. The van der Waals surface area contributed by atoms with Crippen LogP contribution < -0.4 is 0 Å². The highest BCUT2D eigenvalue weighted by Gasteiger charge is 2.16. The predicted molar refractivity (Wildman–Crippen MR) is 353 cm³/mol. The van der Waals surface area contributed by atoms with Gasteiger partial charge in [0.2, 0.25) is 0 Å². The second-order valence-corrected chi connectivity index (χ2v) is 25.0. The lowest BCUT2D eigenvalue weighted by Gasteiger charge is -2.15. The Morgan fingerprint density at radius 1 is 0.287 bits per heavy atom. The summed E-state index contributed by atoms with van der Waals surface area (Å²) in [6, 6.07) is 0. The summed E-state index contributed by atoms with van der Waals surface area (Å²) in [5.74, 6) is -0.574. The molecule has 1 unspecified atom stereocenters. The van der Waals surface area contributed by atoms with Gasteiger partial charge in [-0.2, -0.15) is 0 Å². The van der Waals surface area contributed by atoms with Gasteiger partial charge in [-0.1, -0.05) is 384 Å². The average Bonchev–Trinajstić information content (AvgIpc) is 3.46. The van der Waals surface area contributed by atoms with E-state index < -0.39 is 6.10 Å². The van der Waals surface area contributed by atoms with Crippen molar-refractivity contribution in [2.75, 3.05) is 13.2 Å². The molecule has 472 valence electrons. The SMILES string of the molecule is CCCCCCC/C=C\C/C=C\C/C=C\CCCCCCCCCCCCC(=O)OC(CO)COC(=O)CCCCCCCCCCCCCCCCCCCCCCCCCCCCCCCCCCCCCCCCCCC. The monoisotopic (exact) mass is 1120 g/mol. The molecule has 1 N–H and O–H groups in total. The molecule has 0 radical (unpaired) electrons. The number of aliphatic hydroxyl groups excluding tert-OH is 1. The average molecular weight is 1120 g/mol. The van der Waals surface area contributed by atoms with E-state index in [2.05, 4.69) is 50.3 Å². The Bertz CT molecular complexity index is 1270. The Labute approximate surface area is 501 Å². The van der Waals surface area contributed by atoms with Gasteiger partial charge in [0.05, 0.1) is 6.61 Å². The van der Waals surface area contributed by atoms with E-state index in [0.29, 0.717) is 12.8 Å². The molecule has 0 heterocycles. The topological polar surface area (TPSA) is 72.8 Å². The smallest absolute Gasteiger partial charge is 0.306 e. The van der Waals surface area contributed by atoms with Crippen molar-refractivity contribution < 1.29 is 24.2 Å². The van der Waals surface area contributed by atoms with Gasteiger partial charge in [-0.05, 0) is 51.4 Å². The zero-order valence-corrected chi connectivity index (χ0v) is 54.4. The van der Waals surface area contributed by atoms with E-state index in [1.54, 1.807) is 0 Å². The maximum Gasteiger partial charge on any atom is 0.306 e. The first kappa shape index (κ1) is 78.1. The van der Waals surface area contributed by atoms with Crippen LogP contribution in [-0.2, 0) is 19.1 Å². The van der Waals surface area contributed by atoms with Gasteiger partial charge in [-0.15, -0.1) is 0 Å². The zero-order valence-electron chi connectivity index (χ0n) is 54.4. The van der Waals surface area contributed by atoms with Gasteiger partial charge < -0.3 is 14.6 Å². The van der Waals surface area contributed by atoms with Crippen molar-refractivity contribution in [1.29, 1.82) is 0 Å². The minimum absolute atomic E-state index is 0.0627. The van der Waals surface area contributed by atoms with Crippen LogP contribution in [0.15, 0.2) is 36.5 Å². The highest BCUT2D eigenvalue weighted by molar-refractivity contribution is 5.70. The molecule has 0 aliphatic carbocycles. The number of aliphatic hydroxyl groups is 1. The summed E-state index contributed by atoms with van der Waals surface area (Å²) in [7, 11) is 0. The van der Waals surface area contributed by atoms with Crippen LogP contribution in [0, 0.1) is 0 Å². The van der Waals surface area contributed by atoms with Crippen LogP contribution in [0.5, 0.6) is 0 Å². The molecule has 0 spiro atoms. The minimum atomic E-state index is -0.774. The standard InChI is InChI=1S/C75H142O5/c1-3-5-7-9-11-13-15-17-19-21-23-25-27-29-30-31-32-33-34-35-36-37-38-39-40-41-42-43-44-46-47-49-51-53-55-57-59-61-63-65-67-69-74(77)79-72-73(71-76)80-75(78)70-68-66-64-62-60-58-56-54-52-50-48-45-28-26-24-22-20-18-16-14-12-10-8-6-4-2/h16,18,22,24,28,45,73,76H,3-15,17,19-21,23,25-27,29-44,46-72H2,1-2H3/b18-16-,24-22-,45-28-. The second kappa shape index (κ2) is 71.4. The lowest BCUT2D eigenvalue weighted by molar-refractivity contribution is -0.161. The van der Waals surface area contributed by atoms with Crippen LogP contribution in [0.2, 0.25) is 0 Å². The maximum atomic E-state index is 12.3. The van der Waals surface area contributed by atoms with E-state index in [-0.39, 0.29) is 25.2 Å². The molecule has 5 heteroatoms. The number of allylic oxidation sites excluding steroid dienone is 6. The molecular formula is C75H142O5. The van der Waals surface area contributed by atoms with Crippen molar-refractivity contribution in [1.82, 2.24) is 0 Å². The first-order valence-electron chi connectivity index (χ1n) is 36.5. The Morgan fingerprint density at radius 2 is 0.500 bits per heavy atom. The van der Waals surface area contributed by atoms with Gasteiger partial charge >= 0.3 is 11.9 Å². The van der Waals surface area contributed by atoms with Crippen LogP contribution in [0.3, 0.4) is 0 Å². The van der Waals surface area contributed by atoms with Gasteiger partial charge in [0, 0.05) is 12.8 Å². The number of rotatable bonds is 69. The first-order chi connectivity index (χ1) is 39.6. The molecule has 0 aliphatic heterocycles. The summed E-state index contributed by atoms with van der Waals surface area (Å²) in [5, 5.41) is 9.70. The molecule has 5 nitrogen and oxygen atoms in total. The molecule has 0 aromatic heterocycles. The number of carbonyl (C=O) groups is 2. The fourth-order valence-electron chi connectivity index (χ4n) is 11.5. The van der Waals surface area contributed by atoms with Gasteiger partial charge in [-0.25, -0.2) is 0 Å². The van der Waals surface area contributed by atoms with E-state index in [1.807, 2.05) is 0 Å².